The van der Waals surface area contributed by atoms with Gasteiger partial charge in [-0.05, 0) is 108 Å². The van der Waals surface area contributed by atoms with Gasteiger partial charge in [-0.1, -0.05) is 188 Å². The van der Waals surface area contributed by atoms with Crippen LogP contribution in [-0.2, 0) is 0 Å². The second-order valence-electron chi connectivity index (χ2n) is 16.0. The molecule has 2 heteroatoms. The Bertz CT molecular complexity index is 3610. The predicted molar refractivity (Wildman–Crippen MR) is 263 cm³/mol. The smallest absolute Gasteiger partial charge is 0.143 e. The summed E-state index contributed by atoms with van der Waals surface area (Å²) in [6, 6.07) is 85.4. The number of nitrogens with zero attached hydrogens (tertiary/aromatic N) is 1. The highest BCUT2D eigenvalue weighted by molar-refractivity contribution is 6.22. The van der Waals surface area contributed by atoms with Crippen LogP contribution in [0.15, 0.2) is 241 Å². The van der Waals surface area contributed by atoms with Gasteiger partial charge in [0.2, 0.25) is 0 Å². The molecule has 0 atom stereocenters. The van der Waals surface area contributed by atoms with Gasteiger partial charge in [0, 0.05) is 39.2 Å². The van der Waals surface area contributed by atoms with Gasteiger partial charge < -0.3 is 9.32 Å². The molecule has 12 aromatic rings. The van der Waals surface area contributed by atoms with Gasteiger partial charge in [0.05, 0.1) is 5.69 Å². The first-order chi connectivity index (χ1) is 30.8. The maximum Gasteiger partial charge on any atom is 0.143 e. The molecule has 0 aliphatic rings. The van der Waals surface area contributed by atoms with Gasteiger partial charge in [-0.3, -0.25) is 0 Å². The number of benzene rings is 11. The average Bonchev–Trinajstić information content (AvgIpc) is 3.73. The molecule has 1 heterocycles. The molecule has 0 aliphatic heterocycles. The quantitative estimate of drug-likeness (QED) is 0.150. The summed E-state index contributed by atoms with van der Waals surface area (Å²) in [5, 5.41) is 9.52. The largest absolute Gasteiger partial charge is 0.455 e. The van der Waals surface area contributed by atoms with E-state index < -0.39 is 0 Å². The third-order valence-corrected chi connectivity index (χ3v) is 12.4. The van der Waals surface area contributed by atoms with Crippen LogP contribution in [-0.4, -0.2) is 0 Å². The molecule has 11 aromatic carbocycles. The van der Waals surface area contributed by atoms with Crippen LogP contribution in [0, 0.1) is 0 Å². The van der Waals surface area contributed by atoms with Crippen LogP contribution in [0.25, 0.3) is 98.8 Å². The average molecular weight is 790 g/mol. The standard InChI is InChI=1S/C60H39NO/c1-4-16-41(17-5-1)48-23-14-15-27-56(48)61(47-34-37-52-54-36-30-42-18-10-11-24-49(42)60(54)62-57(52)39-47)46-32-28-40(29-33-46)45-31-35-51-50-25-12-13-26-53(50)58(43-19-6-2-7-20-43)59(55(51)38-45)44-21-8-3-9-22-44/h1-39H. The van der Waals surface area contributed by atoms with Gasteiger partial charge >= 0.3 is 0 Å². The van der Waals surface area contributed by atoms with Crippen LogP contribution in [0.4, 0.5) is 17.1 Å². The molecule has 0 radical (unpaired) electrons. The zero-order valence-electron chi connectivity index (χ0n) is 33.9. The molecule has 0 spiro atoms. The topological polar surface area (TPSA) is 16.4 Å². The van der Waals surface area contributed by atoms with Gasteiger partial charge in [0.25, 0.3) is 0 Å². The van der Waals surface area contributed by atoms with E-state index in [1.54, 1.807) is 0 Å². The summed E-state index contributed by atoms with van der Waals surface area (Å²) in [4.78, 5) is 2.36. The summed E-state index contributed by atoms with van der Waals surface area (Å²) >= 11 is 0. The lowest BCUT2D eigenvalue weighted by Gasteiger charge is -2.28. The number of hydrogen-bond donors (Lipinski definition) is 0. The van der Waals surface area contributed by atoms with Crippen LogP contribution in [0.2, 0.25) is 0 Å². The zero-order chi connectivity index (χ0) is 41.0. The minimum atomic E-state index is 0.862. The Hall–Kier alpha value is -8.20. The number of hydrogen-bond acceptors (Lipinski definition) is 2. The Kier molecular flexibility index (Phi) is 8.53. The molecule has 2 nitrogen and oxygen atoms in total. The Morgan fingerprint density at radius 3 is 1.56 bits per heavy atom. The van der Waals surface area contributed by atoms with Gasteiger partial charge in [-0.2, -0.15) is 0 Å². The lowest BCUT2D eigenvalue weighted by Crippen LogP contribution is -2.11. The fourth-order valence-electron chi connectivity index (χ4n) is 9.57. The van der Waals surface area contributed by atoms with E-state index >= 15 is 0 Å². The first-order valence-corrected chi connectivity index (χ1v) is 21.3. The van der Waals surface area contributed by atoms with Crippen molar-refractivity contribution >= 4 is 71.3 Å². The Labute approximate surface area is 360 Å². The highest BCUT2D eigenvalue weighted by atomic mass is 16.3. The number of rotatable bonds is 7. The fraction of sp³-hybridized carbons (Fsp3) is 0. The van der Waals surface area contributed by atoms with Crippen molar-refractivity contribution in [1.29, 1.82) is 0 Å². The first kappa shape index (κ1) is 35.7. The lowest BCUT2D eigenvalue weighted by molar-refractivity contribution is 0.672. The first-order valence-electron chi connectivity index (χ1n) is 21.3. The van der Waals surface area contributed by atoms with E-state index in [-0.39, 0.29) is 0 Å². The van der Waals surface area contributed by atoms with Gasteiger partial charge in [0.15, 0.2) is 0 Å². The lowest BCUT2D eigenvalue weighted by atomic mass is 9.84. The molecule has 0 saturated carbocycles. The minimum absolute atomic E-state index is 0.862. The van der Waals surface area contributed by atoms with Crippen LogP contribution >= 0.6 is 0 Å². The summed E-state index contributed by atoms with van der Waals surface area (Å²) in [5.41, 5.74) is 14.5. The van der Waals surface area contributed by atoms with Crippen molar-refractivity contribution in [3.63, 3.8) is 0 Å². The van der Waals surface area contributed by atoms with Gasteiger partial charge in [-0.15, -0.1) is 0 Å². The normalized spacial score (nSPS) is 11.5. The summed E-state index contributed by atoms with van der Waals surface area (Å²) < 4.78 is 6.73. The highest BCUT2D eigenvalue weighted by Gasteiger charge is 2.21. The van der Waals surface area contributed by atoms with Gasteiger partial charge in [-0.25, -0.2) is 0 Å². The number of furan rings is 1. The molecule has 0 amide bonds. The fourth-order valence-corrected chi connectivity index (χ4v) is 9.57. The van der Waals surface area contributed by atoms with E-state index in [2.05, 4.69) is 241 Å². The van der Waals surface area contributed by atoms with Crippen molar-refractivity contribution < 1.29 is 4.42 Å². The number of anilines is 3. The van der Waals surface area contributed by atoms with E-state index in [1.165, 1.54) is 54.7 Å². The second kappa shape index (κ2) is 14.8. The summed E-state index contributed by atoms with van der Waals surface area (Å²) in [5.74, 6) is 0. The molecule has 0 N–H and O–H groups in total. The van der Waals surface area contributed by atoms with Crippen LogP contribution in [0.1, 0.15) is 0 Å². The summed E-state index contributed by atoms with van der Waals surface area (Å²) in [7, 11) is 0. The number of para-hydroxylation sites is 1. The minimum Gasteiger partial charge on any atom is -0.455 e. The molecule has 0 aliphatic carbocycles. The third-order valence-electron chi connectivity index (χ3n) is 12.4. The Morgan fingerprint density at radius 1 is 0.290 bits per heavy atom. The van der Waals surface area contributed by atoms with Crippen LogP contribution in [0.5, 0.6) is 0 Å². The van der Waals surface area contributed by atoms with E-state index in [0.717, 1.165) is 61.1 Å². The number of fused-ring (bicyclic) bond motifs is 8. The summed E-state index contributed by atoms with van der Waals surface area (Å²) in [6.07, 6.45) is 0. The molecule has 0 fully saturated rings. The van der Waals surface area contributed by atoms with Crippen molar-refractivity contribution in [3.05, 3.63) is 237 Å². The molecule has 62 heavy (non-hydrogen) atoms. The van der Waals surface area contributed by atoms with E-state index in [1.807, 2.05) is 0 Å². The van der Waals surface area contributed by atoms with Crippen molar-refractivity contribution in [2.24, 2.45) is 0 Å². The second-order valence-corrected chi connectivity index (χ2v) is 16.0. The van der Waals surface area contributed by atoms with E-state index in [9.17, 15) is 0 Å². The predicted octanol–water partition coefficient (Wildman–Crippen LogP) is 17.2. The highest BCUT2D eigenvalue weighted by Crippen LogP contribution is 2.47. The van der Waals surface area contributed by atoms with E-state index in [0.29, 0.717) is 0 Å². The molecule has 0 bridgehead atoms. The molecular formula is C60H39NO. The maximum absolute atomic E-state index is 6.73. The van der Waals surface area contributed by atoms with Crippen molar-refractivity contribution in [1.82, 2.24) is 0 Å². The molecule has 0 saturated heterocycles. The van der Waals surface area contributed by atoms with Crippen molar-refractivity contribution in [3.8, 4) is 44.5 Å². The monoisotopic (exact) mass is 789 g/mol. The SMILES string of the molecule is c1ccc(-c2ccccc2N(c2ccc(-c3ccc4c(c3)c(-c3ccccc3)c(-c3ccccc3)c3ccccc34)cc2)c2ccc3c(c2)oc2c4ccccc4ccc32)cc1. The summed E-state index contributed by atoms with van der Waals surface area (Å²) in [6.45, 7) is 0. The van der Waals surface area contributed by atoms with Gasteiger partial charge in [0.1, 0.15) is 11.2 Å². The van der Waals surface area contributed by atoms with Crippen molar-refractivity contribution in [2.45, 2.75) is 0 Å². The van der Waals surface area contributed by atoms with Crippen molar-refractivity contribution in [2.75, 3.05) is 4.90 Å². The Balaban J connectivity index is 1.03. The van der Waals surface area contributed by atoms with Crippen LogP contribution in [0.3, 0.4) is 0 Å². The maximum atomic E-state index is 6.73. The molecule has 1 aromatic heterocycles. The molecule has 290 valence electrons. The third kappa shape index (κ3) is 5.96. The molecule has 0 unspecified atom stereocenters. The van der Waals surface area contributed by atoms with Crippen LogP contribution < -0.4 is 4.90 Å². The van der Waals surface area contributed by atoms with E-state index in [4.69, 9.17) is 4.42 Å². The molecule has 12 rings (SSSR count). The zero-order valence-corrected chi connectivity index (χ0v) is 33.9. The molecular weight excluding hydrogens is 751 g/mol. The Morgan fingerprint density at radius 2 is 0.823 bits per heavy atom.